The van der Waals surface area contributed by atoms with Crippen LogP contribution in [0.25, 0.3) is 0 Å². The number of ether oxygens (including phenoxy) is 5. The van der Waals surface area contributed by atoms with Crippen molar-refractivity contribution in [3.63, 3.8) is 0 Å². The van der Waals surface area contributed by atoms with Gasteiger partial charge >= 0.3 is 11.9 Å². The first-order chi connectivity index (χ1) is 16.5. The molecule has 0 aliphatic rings. The topological polar surface area (TPSA) is 101 Å². The Bertz CT molecular complexity index is 1110. The van der Waals surface area contributed by atoms with Gasteiger partial charge in [-0.05, 0) is 48.9 Å². The maximum Gasteiger partial charge on any atom is 0.350 e. The smallest absolute Gasteiger partial charge is 0.350 e. The number of aliphatic hydroxyl groups is 1. The summed E-state index contributed by atoms with van der Waals surface area (Å²) in [6, 6.07) is 19.7. The van der Waals surface area contributed by atoms with Crippen molar-refractivity contribution in [2.24, 2.45) is 0 Å². The largest absolute Gasteiger partial charge is 0.493 e. The summed E-state index contributed by atoms with van der Waals surface area (Å²) in [5, 5.41) is 11.0. The number of aliphatic hydroxyl groups excluding tert-OH is 1. The zero-order valence-corrected chi connectivity index (χ0v) is 19.1. The lowest BCUT2D eigenvalue weighted by Gasteiger charge is -2.24. The number of para-hydroxylation sites is 2. The summed E-state index contributed by atoms with van der Waals surface area (Å²) in [6.45, 7) is 1.76. The van der Waals surface area contributed by atoms with Gasteiger partial charge in [-0.2, -0.15) is 0 Å². The second-order valence-corrected chi connectivity index (χ2v) is 7.05. The Hall–Kier alpha value is -4.04. The second-order valence-electron chi connectivity index (χ2n) is 7.05. The van der Waals surface area contributed by atoms with Crippen molar-refractivity contribution in [2.45, 2.75) is 19.1 Å². The van der Waals surface area contributed by atoms with Crippen molar-refractivity contribution in [1.29, 1.82) is 0 Å². The van der Waals surface area contributed by atoms with E-state index in [0.29, 0.717) is 16.9 Å². The summed E-state index contributed by atoms with van der Waals surface area (Å²) in [5.74, 6) is -0.297. The van der Waals surface area contributed by atoms with E-state index in [0.717, 1.165) is 0 Å². The van der Waals surface area contributed by atoms with Crippen LogP contribution < -0.4 is 18.9 Å². The van der Waals surface area contributed by atoms with E-state index in [9.17, 15) is 14.7 Å². The van der Waals surface area contributed by atoms with E-state index in [1.165, 1.54) is 32.4 Å². The van der Waals surface area contributed by atoms with Gasteiger partial charge in [-0.1, -0.05) is 36.4 Å². The van der Waals surface area contributed by atoms with Gasteiger partial charge in [-0.25, -0.2) is 9.59 Å². The third-order valence-electron chi connectivity index (χ3n) is 4.87. The van der Waals surface area contributed by atoms with E-state index < -0.39 is 24.1 Å². The van der Waals surface area contributed by atoms with Crippen LogP contribution in [0.2, 0.25) is 0 Å². The fourth-order valence-electron chi connectivity index (χ4n) is 3.18. The van der Waals surface area contributed by atoms with Crippen LogP contribution in [0.3, 0.4) is 0 Å². The Labute approximate surface area is 197 Å². The first-order valence-electron chi connectivity index (χ1n) is 10.6. The molecular formula is C26H26O8. The lowest BCUT2D eigenvalue weighted by atomic mass is 10.0. The van der Waals surface area contributed by atoms with Gasteiger partial charge in [-0.3, -0.25) is 0 Å². The molecule has 1 N–H and O–H groups in total. The molecule has 0 spiro atoms. The third kappa shape index (κ3) is 5.85. The zero-order valence-electron chi connectivity index (χ0n) is 19.1. The Balaban J connectivity index is 1.87. The summed E-state index contributed by atoms with van der Waals surface area (Å²) in [6.07, 6.45) is -2.81. The monoisotopic (exact) mass is 466 g/mol. The highest BCUT2D eigenvalue weighted by molar-refractivity contribution is 5.91. The van der Waals surface area contributed by atoms with Crippen molar-refractivity contribution in [1.82, 2.24) is 0 Å². The van der Waals surface area contributed by atoms with E-state index in [2.05, 4.69) is 0 Å². The molecular weight excluding hydrogens is 440 g/mol. The molecule has 0 saturated carbocycles. The summed E-state index contributed by atoms with van der Waals surface area (Å²) in [5.41, 5.74) is 0.672. The van der Waals surface area contributed by atoms with Gasteiger partial charge in [-0.15, -0.1) is 0 Å². The molecule has 0 aromatic heterocycles. The lowest BCUT2D eigenvalue weighted by Crippen LogP contribution is -2.35. The minimum absolute atomic E-state index is 0.106. The first kappa shape index (κ1) is 24.6. The maximum atomic E-state index is 12.6. The molecule has 8 heteroatoms. The number of esters is 2. The Kier molecular flexibility index (Phi) is 8.48. The molecule has 3 aromatic rings. The van der Waals surface area contributed by atoms with Crippen molar-refractivity contribution in [3.05, 3.63) is 83.9 Å². The van der Waals surface area contributed by atoms with Gasteiger partial charge in [0.25, 0.3) is 0 Å². The molecule has 0 saturated heterocycles. The summed E-state index contributed by atoms with van der Waals surface area (Å²) < 4.78 is 27.0. The van der Waals surface area contributed by atoms with Gasteiger partial charge in [0.05, 0.1) is 26.4 Å². The van der Waals surface area contributed by atoms with Crippen LogP contribution in [-0.2, 0) is 9.53 Å². The fourth-order valence-corrected chi connectivity index (χ4v) is 3.18. The molecule has 0 aliphatic heterocycles. The molecule has 0 heterocycles. The molecule has 0 bridgehead atoms. The highest BCUT2D eigenvalue weighted by atomic mass is 16.6. The number of carbonyl (C=O) groups is 2. The molecule has 0 aliphatic carbocycles. The molecule has 2 atom stereocenters. The van der Waals surface area contributed by atoms with Gasteiger partial charge < -0.3 is 28.8 Å². The van der Waals surface area contributed by atoms with Crippen LogP contribution in [0.5, 0.6) is 23.0 Å². The molecule has 34 heavy (non-hydrogen) atoms. The molecule has 3 rings (SSSR count). The van der Waals surface area contributed by atoms with Crippen LogP contribution in [-0.4, -0.2) is 44.0 Å². The minimum atomic E-state index is -1.42. The van der Waals surface area contributed by atoms with Crippen molar-refractivity contribution in [2.75, 3.05) is 20.8 Å². The summed E-state index contributed by atoms with van der Waals surface area (Å²) in [7, 11) is 2.87. The SMILES string of the molecule is CCOC(=O)[C@@H](Oc1ccccc1OC)[C@H](O)c1ccc(OC(=O)c2ccccc2)c(OC)c1. The number of hydrogen-bond donors (Lipinski definition) is 1. The maximum absolute atomic E-state index is 12.6. The van der Waals surface area contributed by atoms with Crippen molar-refractivity contribution in [3.8, 4) is 23.0 Å². The lowest BCUT2D eigenvalue weighted by molar-refractivity contribution is -0.157. The van der Waals surface area contributed by atoms with Gasteiger partial charge in [0.1, 0.15) is 6.10 Å². The van der Waals surface area contributed by atoms with E-state index in [1.54, 1.807) is 61.5 Å². The normalized spacial score (nSPS) is 12.2. The number of carbonyl (C=O) groups excluding carboxylic acids is 2. The van der Waals surface area contributed by atoms with Crippen LogP contribution in [0.15, 0.2) is 72.8 Å². The van der Waals surface area contributed by atoms with Gasteiger partial charge in [0.15, 0.2) is 23.0 Å². The average Bonchev–Trinajstić information content (AvgIpc) is 2.87. The van der Waals surface area contributed by atoms with E-state index in [1.807, 2.05) is 0 Å². The molecule has 3 aromatic carbocycles. The van der Waals surface area contributed by atoms with Crippen molar-refractivity contribution < 1.29 is 38.4 Å². The van der Waals surface area contributed by atoms with Crippen LogP contribution in [0.4, 0.5) is 0 Å². The number of benzene rings is 3. The third-order valence-corrected chi connectivity index (χ3v) is 4.87. The van der Waals surface area contributed by atoms with Gasteiger partial charge in [0, 0.05) is 0 Å². The molecule has 0 radical (unpaired) electrons. The zero-order chi connectivity index (χ0) is 24.5. The van der Waals surface area contributed by atoms with Crippen molar-refractivity contribution >= 4 is 11.9 Å². The minimum Gasteiger partial charge on any atom is -0.493 e. The number of methoxy groups -OCH3 is 2. The molecule has 178 valence electrons. The van der Waals surface area contributed by atoms with Crippen LogP contribution >= 0.6 is 0 Å². The summed E-state index contributed by atoms with van der Waals surface area (Å²) >= 11 is 0. The van der Waals surface area contributed by atoms with Crippen LogP contribution in [0.1, 0.15) is 28.9 Å². The molecule has 0 amide bonds. The quantitative estimate of drug-likeness (QED) is 0.354. The Morgan fingerprint density at radius 3 is 2.12 bits per heavy atom. The Morgan fingerprint density at radius 1 is 0.824 bits per heavy atom. The molecule has 0 unspecified atom stereocenters. The highest BCUT2D eigenvalue weighted by Crippen LogP contribution is 2.34. The van der Waals surface area contributed by atoms with Crippen LogP contribution in [0, 0.1) is 0 Å². The second kappa shape index (κ2) is 11.7. The predicted octanol–water partition coefficient (Wildman–Crippen LogP) is 3.97. The van der Waals surface area contributed by atoms with Gasteiger partial charge in [0.2, 0.25) is 6.10 Å². The Morgan fingerprint density at radius 2 is 1.47 bits per heavy atom. The predicted molar refractivity (Wildman–Crippen MR) is 123 cm³/mol. The highest BCUT2D eigenvalue weighted by Gasteiger charge is 2.33. The van der Waals surface area contributed by atoms with E-state index in [4.69, 9.17) is 23.7 Å². The number of rotatable bonds is 10. The molecule has 0 fully saturated rings. The fraction of sp³-hybridized carbons (Fsp3) is 0.231. The average molecular weight is 466 g/mol. The first-order valence-corrected chi connectivity index (χ1v) is 10.6. The van der Waals surface area contributed by atoms with E-state index >= 15 is 0 Å². The van der Waals surface area contributed by atoms with E-state index in [-0.39, 0.29) is 23.9 Å². The standard InChI is InChI=1S/C26H26O8/c1-4-32-26(29)24(33-20-13-9-8-12-19(20)30-2)23(27)18-14-15-21(22(16-18)31-3)34-25(28)17-10-6-5-7-11-17/h5-16,23-24,27H,4H2,1-3H3/t23-,24+/m1/s1. The number of hydrogen-bond acceptors (Lipinski definition) is 8. The summed E-state index contributed by atoms with van der Waals surface area (Å²) in [4.78, 5) is 25.1. The molecule has 8 nitrogen and oxygen atoms in total.